The quantitative estimate of drug-likeness (QED) is 0.801. The van der Waals surface area contributed by atoms with Gasteiger partial charge in [0.15, 0.2) is 10.8 Å². The molecule has 5 nitrogen and oxygen atoms in total. The third-order valence-corrected chi connectivity index (χ3v) is 3.76. The summed E-state index contributed by atoms with van der Waals surface area (Å²) in [5, 5.41) is 0.414. The van der Waals surface area contributed by atoms with E-state index in [1.807, 2.05) is 12.9 Å². The Morgan fingerprint density at radius 3 is 3.11 bits per heavy atom. The van der Waals surface area contributed by atoms with Gasteiger partial charge in [-0.1, -0.05) is 11.6 Å². The van der Waals surface area contributed by atoms with Crippen LogP contribution in [0.15, 0.2) is 12.7 Å². The van der Waals surface area contributed by atoms with Gasteiger partial charge in [-0.05, 0) is 25.2 Å². The number of imidazole rings is 1. The summed E-state index contributed by atoms with van der Waals surface area (Å²) in [7, 11) is 1.70. The lowest BCUT2D eigenvalue weighted by molar-refractivity contribution is 0.227. The summed E-state index contributed by atoms with van der Waals surface area (Å²) in [6, 6.07) is 0.414. The van der Waals surface area contributed by atoms with Crippen molar-refractivity contribution in [2.75, 3.05) is 7.11 Å². The fraction of sp³-hybridized carbons (Fsp3) is 0.500. The van der Waals surface area contributed by atoms with E-state index in [2.05, 4.69) is 19.5 Å². The lowest BCUT2D eigenvalue weighted by Crippen LogP contribution is -2.06. The van der Waals surface area contributed by atoms with Crippen molar-refractivity contribution in [3.05, 3.63) is 24.4 Å². The van der Waals surface area contributed by atoms with Crippen LogP contribution in [-0.2, 0) is 4.74 Å². The molecule has 1 aliphatic rings. The Morgan fingerprint density at radius 1 is 1.39 bits per heavy atom. The predicted octanol–water partition coefficient (Wildman–Crippen LogP) is 2.63. The van der Waals surface area contributed by atoms with Crippen LogP contribution in [0.2, 0.25) is 5.15 Å². The van der Waals surface area contributed by atoms with Crippen LogP contribution in [-0.4, -0.2) is 26.6 Å². The number of ether oxygens (including phenoxy) is 1. The van der Waals surface area contributed by atoms with E-state index in [9.17, 15) is 0 Å². The zero-order chi connectivity index (χ0) is 12.5. The van der Waals surface area contributed by atoms with E-state index >= 15 is 0 Å². The van der Waals surface area contributed by atoms with Gasteiger partial charge in [0.2, 0.25) is 0 Å². The Morgan fingerprint density at radius 2 is 2.28 bits per heavy atom. The van der Waals surface area contributed by atoms with Gasteiger partial charge in [0.1, 0.15) is 11.8 Å². The van der Waals surface area contributed by atoms with Crippen LogP contribution in [0, 0.1) is 12.5 Å². The summed E-state index contributed by atoms with van der Waals surface area (Å²) < 4.78 is 7.20. The van der Waals surface area contributed by atoms with E-state index in [0.29, 0.717) is 22.6 Å². The lowest BCUT2D eigenvalue weighted by atomic mass is 10.1. The first-order valence-electron chi connectivity index (χ1n) is 5.98. The minimum Gasteiger partial charge on any atom is -0.378 e. The molecule has 1 saturated carbocycles. The lowest BCUT2D eigenvalue weighted by Gasteiger charge is -2.12. The molecule has 1 radical (unpaired) electrons. The number of aromatic nitrogens is 4. The molecule has 0 aromatic carbocycles. The summed E-state index contributed by atoms with van der Waals surface area (Å²) in [6.07, 6.45) is 6.59. The first kappa shape index (κ1) is 11.9. The van der Waals surface area contributed by atoms with E-state index in [1.165, 1.54) is 6.33 Å². The van der Waals surface area contributed by atoms with Crippen molar-refractivity contribution in [1.29, 1.82) is 0 Å². The summed E-state index contributed by atoms with van der Waals surface area (Å²) in [6.45, 7) is 1.92. The van der Waals surface area contributed by atoms with Crippen LogP contribution in [0.3, 0.4) is 0 Å². The molecule has 0 spiro atoms. The molecule has 2 heterocycles. The minimum absolute atomic E-state index is 0.414. The van der Waals surface area contributed by atoms with Gasteiger partial charge in [-0.3, -0.25) is 0 Å². The zero-order valence-electron chi connectivity index (χ0n) is 10.1. The molecule has 1 aliphatic carbocycles. The Labute approximate surface area is 110 Å². The maximum atomic E-state index is 6.00. The van der Waals surface area contributed by atoms with Crippen molar-refractivity contribution in [2.24, 2.45) is 5.92 Å². The standard InChI is InChI=1S/C12H14ClN4O/c1-18-5-8-2-3-9(4-8)17-7-16-10-11(13)14-6-15-12(10)17/h5-9H,2-4H2,1H3. The molecule has 2 unspecified atom stereocenters. The molecular weight excluding hydrogens is 252 g/mol. The van der Waals surface area contributed by atoms with Crippen molar-refractivity contribution in [2.45, 2.75) is 25.3 Å². The van der Waals surface area contributed by atoms with Crippen molar-refractivity contribution >= 4 is 22.8 Å². The SMILES string of the molecule is CO[CH]C1CCC(n2cnc3c(Cl)ncnc32)C1. The van der Waals surface area contributed by atoms with Crippen LogP contribution < -0.4 is 0 Å². The first-order valence-corrected chi connectivity index (χ1v) is 6.36. The minimum atomic E-state index is 0.414. The second kappa shape index (κ2) is 4.82. The molecule has 2 atom stereocenters. The Hall–Kier alpha value is -1.20. The van der Waals surface area contributed by atoms with Gasteiger partial charge in [-0.15, -0.1) is 0 Å². The van der Waals surface area contributed by atoms with Gasteiger partial charge in [0.05, 0.1) is 12.9 Å². The monoisotopic (exact) mass is 265 g/mol. The van der Waals surface area contributed by atoms with Crippen LogP contribution in [0.1, 0.15) is 25.3 Å². The number of fused-ring (bicyclic) bond motifs is 1. The normalized spacial score (nSPS) is 23.9. The number of hydrogen-bond acceptors (Lipinski definition) is 4. The van der Waals surface area contributed by atoms with E-state index in [-0.39, 0.29) is 0 Å². The molecule has 95 valence electrons. The third kappa shape index (κ3) is 1.97. The largest absolute Gasteiger partial charge is 0.378 e. The number of nitrogens with zero attached hydrogens (tertiary/aromatic N) is 4. The number of hydrogen-bond donors (Lipinski definition) is 0. The molecule has 0 aliphatic heterocycles. The van der Waals surface area contributed by atoms with Crippen molar-refractivity contribution in [3.8, 4) is 0 Å². The number of methoxy groups -OCH3 is 1. The summed E-state index contributed by atoms with van der Waals surface area (Å²) in [5.41, 5.74) is 1.50. The molecule has 6 heteroatoms. The Bertz CT molecular complexity index is 556. The average Bonchev–Trinajstić information content (AvgIpc) is 2.96. The molecule has 2 aromatic heterocycles. The van der Waals surface area contributed by atoms with Gasteiger partial charge < -0.3 is 9.30 Å². The Balaban J connectivity index is 1.89. The van der Waals surface area contributed by atoms with Crippen LogP contribution in [0.25, 0.3) is 11.2 Å². The van der Waals surface area contributed by atoms with Crippen LogP contribution >= 0.6 is 11.6 Å². The van der Waals surface area contributed by atoms with Crippen molar-refractivity contribution in [3.63, 3.8) is 0 Å². The summed E-state index contributed by atoms with van der Waals surface area (Å²) in [5.74, 6) is 0.509. The van der Waals surface area contributed by atoms with Crippen LogP contribution in [0.5, 0.6) is 0 Å². The molecule has 0 amide bonds. The zero-order valence-corrected chi connectivity index (χ0v) is 10.8. The van der Waals surface area contributed by atoms with Gasteiger partial charge in [0.25, 0.3) is 0 Å². The van der Waals surface area contributed by atoms with Crippen LogP contribution in [0.4, 0.5) is 0 Å². The molecule has 0 bridgehead atoms. The second-order valence-corrected chi connectivity index (χ2v) is 4.95. The van der Waals surface area contributed by atoms with Gasteiger partial charge in [0, 0.05) is 13.2 Å². The fourth-order valence-electron chi connectivity index (χ4n) is 2.65. The molecule has 0 N–H and O–H groups in total. The smallest absolute Gasteiger partial charge is 0.165 e. The van der Waals surface area contributed by atoms with E-state index in [0.717, 1.165) is 24.9 Å². The molecule has 2 aromatic rings. The Kier molecular flexibility index (Phi) is 3.18. The molecular formula is C12H14ClN4O. The maximum absolute atomic E-state index is 6.00. The van der Waals surface area contributed by atoms with E-state index in [4.69, 9.17) is 16.3 Å². The molecule has 0 saturated heterocycles. The highest BCUT2D eigenvalue weighted by Crippen LogP contribution is 2.37. The van der Waals surface area contributed by atoms with Gasteiger partial charge in [-0.2, -0.15) is 0 Å². The molecule has 1 fully saturated rings. The topological polar surface area (TPSA) is 52.8 Å². The first-order chi connectivity index (χ1) is 8.79. The fourth-order valence-corrected chi connectivity index (χ4v) is 2.83. The molecule has 3 rings (SSSR count). The summed E-state index contributed by atoms with van der Waals surface area (Å²) >= 11 is 6.00. The molecule has 18 heavy (non-hydrogen) atoms. The van der Waals surface area contributed by atoms with Crippen molar-refractivity contribution in [1.82, 2.24) is 19.5 Å². The average molecular weight is 266 g/mol. The van der Waals surface area contributed by atoms with Gasteiger partial charge in [-0.25, -0.2) is 15.0 Å². The maximum Gasteiger partial charge on any atom is 0.165 e. The second-order valence-electron chi connectivity index (χ2n) is 4.59. The third-order valence-electron chi connectivity index (χ3n) is 3.48. The van der Waals surface area contributed by atoms with Crippen molar-refractivity contribution < 1.29 is 4.74 Å². The number of rotatable bonds is 3. The highest BCUT2D eigenvalue weighted by atomic mass is 35.5. The van der Waals surface area contributed by atoms with E-state index < -0.39 is 0 Å². The number of halogens is 1. The summed E-state index contributed by atoms with van der Waals surface area (Å²) in [4.78, 5) is 12.5. The van der Waals surface area contributed by atoms with E-state index in [1.54, 1.807) is 7.11 Å². The highest BCUT2D eigenvalue weighted by molar-refractivity contribution is 6.33. The highest BCUT2D eigenvalue weighted by Gasteiger charge is 2.27. The van der Waals surface area contributed by atoms with Gasteiger partial charge >= 0.3 is 0 Å². The predicted molar refractivity (Wildman–Crippen MR) is 68.0 cm³/mol.